The lowest BCUT2D eigenvalue weighted by molar-refractivity contribution is -0.138. The van der Waals surface area contributed by atoms with Crippen LogP contribution in [-0.4, -0.2) is 42.4 Å². The van der Waals surface area contributed by atoms with Crippen LogP contribution in [0.5, 0.6) is 0 Å². The number of likely N-dealkylation sites (N-methyl/N-ethyl adjacent to an activating group) is 1. The fourth-order valence-corrected chi connectivity index (χ4v) is 3.19. The van der Waals surface area contributed by atoms with Crippen molar-refractivity contribution >= 4 is 12.1 Å². The van der Waals surface area contributed by atoms with E-state index in [9.17, 15) is 27.2 Å². The van der Waals surface area contributed by atoms with Gasteiger partial charge in [-0.25, -0.2) is 4.39 Å². The number of hydrogen-bond acceptors (Lipinski definition) is 4. The van der Waals surface area contributed by atoms with E-state index >= 15 is 0 Å². The number of alkyl halides is 3. The molecular formula is C22H25F4NO3. The van der Waals surface area contributed by atoms with Crippen LogP contribution in [0.4, 0.5) is 17.6 Å². The van der Waals surface area contributed by atoms with E-state index in [-0.39, 0.29) is 31.3 Å². The normalized spacial score (nSPS) is 17.0. The van der Waals surface area contributed by atoms with E-state index < -0.39 is 34.8 Å². The van der Waals surface area contributed by atoms with Crippen molar-refractivity contribution in [1.29, 1.82) is 0 Å². The van der Waals surface area contributed by atoms with Gasteiger partial charge in [0, 0.05) is 17.5 Å². The molecule has 0 heterocycles. The third kappa shape index (κ3) is 5.64. The smallest absolute Gasteiger partial charge is 0.352 e. The van der Waals surface area contributed by atoms with Gasteiger partial charge in [0.15, 0.2) is 11.5 Å². The summed E-state index contributed by atoms with van der Waals surface area (Å²) < 4.78 is 59.5. The molecule has 4 nitrogen and oxygen atoms in total. The number of carbonyl (C=O) groups excluding carboxylic acids is 2. The molecule has 0 amide bonds. The molecule has 0 radical (unpaired) electrons. The van der Waals surface area contributed by atoms with Crippen molar-refractivity contribution in [1.82, 2.24) is 4.90 Å². The van der Waals surface area contributed by atoms with Crippen LogP contribution in [0.3, 0.4) is 0 Å². The quantitative estimate of drug-likeness (QED) is 0.334. The number of aldehydes is 1. The van der Waals surface area contributed by atoms with E-state index in [4.69, 9.17) is 4.74 Å². The maximum atomic E-state index is 14.0. The van der Waals surface area contributed by atoms with Crippen molar-refractivity contribution in [2.45, 2.75) is 44.6 Å². The van der Waals surface area contributed by atoms with Crippen molar-refractivity contribution < 1.29 is 31.9 Å². The highest BCUT2D eigenvalue weighted by atomic mass is 19.4. The van der Waals surface area contributed by atoms with E-state index in [0.29, 0.717) is 6.29 Å². The summed E-state index contributed by atoms with van der Waals surface area (Å²) in [5, 5.41) is 0. The molecule has 1 aliphatic rings. The lowest BCUT2D eigenvalue weighted by Gasteiger charge is -2.41. The van der Waals surface area contributed by atoms with Crippen LogP contribution >= 0.6 is 0 Å². The van der Waals surface area contributed by atoms with Gasteiger partial charge in [0.05, 0.1) is 12.2 Å². The number of ether oxygens (including phenoxy) is 1. The first-order chi connectivity index (χ1) is 14.0. The Labute approximate surface area is 173 Å². The number of allylic oxidation sites excluding steroid dienone is 2. The second-order valence-electron chi connectivity index (χ2n) is 7.54. The summed E-state index contributed by atoms with van der Waals surface area (Å²) >= 11 is 0. The monoisotopic (exact) mass is 427 g/mol. The molecule has 1 aliphatic carbocycles. The zero-order valence-corrected chi connectivity index (χ0v) is 17.1. The second kappa shape index (κ2) is 9.66. The predicted octanol–water partition coefficient (Wildman–Crippen LogP) is 4.34. The van der Waals surface area contributed by atoms with Gasteiger partial charge in [-0.3, -0.25) is 9.69 Å². The van der Waals surface area contributed by atoms with Gasteiger partial charge in [-0.2, -0.15) is 13.2 Å². The Bertz CT molecular complexity index is 814. The fourth-order valence-electron chi connectivity index (χ4n) is 3.19. The van der Waals surface area contributed by atoms with Crippen molar-refractivity contribution in [2.24, 2.45) is 5.92 Å². The molecule has 1 aromatic carbocycles. The molecule has 0 saturated heterocycles. The van der Waals surface area contributed by atoms with Crippen LogP contribution in [-0.2, 0) is 26.9 Å². The van der Waals surface area contributed by atoms with Crippen LogP contribution < -0.4 is 0 Å². The van der Waals surface area contributed by atoms with Gasteiger partial charge in [0.2, 0.25) is 0 Å². The standard InChI is InChI=1S/C22H25F4NO3/c1-15(2)27(3)21(11-9-17(29)10-12-21)30-14-16(13-28)7-8-18-19(22(24,25)26)5-4-6-20(18)23/h4-6,9-13,15-16H,7-8,14H2,1-3H3. The minimum absolute atomic E-state index is 0.0126. The number of carbonyl (C=O) groups is 2. The molecule has 1 atom stereocenters. The third-order valence-electron chi connectivity index (χ3n) is 5.21. The van der Waals surface area contributed by atoms with Gasteiger partial charge in [0.1, 0.15) is 12.1 Å². The van der Waals surface area contributed by atoms with Gasteiger partial charge < -0.3 is 9.53 Å². The van der Waals surface area contributed by atoms with E-state index in [1.807, 2.05) is 18.7 Å². The minimum atomic E-state index is -4.68. The topological polar surface area (TPSA) is 46.6 Å². The molecule has 0 saturated carbocycles. The van der Waals surface area contributed by atoms with E-state index in [0.717, 1.165) is 18.2 Å². The number of nitrogens with zero attached hydrogens (tertiary/aromatic N) is 1. The molecule has 1 unspecified atom stereocenters. The van der Waals surface area contributed by atoms with Gasteiger partial charge in [-0.15, -0.1) is 0 Å². The molecule has 2 rings (SSSR count). The molecule has 0 aliphatic heterocycles. The maximum absolute atomic E-state index is 14.0. The van der Waals surface area contributed by atoms with Crippen LogP contribution in [0.1, 0.15) is 31.4 Å². The summed E-state index contributed by atoms with van der Waals surface area (Å²) in [6.07, 6.45) is 1.53. The molecule has 8 heteroatoms. The highest BCUT2D eigenvalue weighted by molar-refractivity contribution is 6.00. The number of ketones is 1. The molecule has 0 fully saturated rings. The Hall–Kier alpha value is -2.32. The Morgan fingerprint density at radius 1 is 1.20 bits per heavy atom. The third-order valence-corrected chi connectivity index (χ3v) is 5.21. The predicted molar refractivity (Wildman–Crippen MR) is 104 cm³/mol. The zero-order chi connectivity index (χ0) is 22.5. The molecule has 0 aromatic heterocycles. The zero-order valence-electron chi connectivity index (χ0n) is 17.1. The summed E-state index contributed by atoms with van der Waals surface area (Å²) in [7, 11) is 1.79. The summed E-state index contributed by atoms with van der Waals surface area (Å²) in [4.78, 5) is 24.9. The molecule has 0 N–H and O–H groups in total. The molecule has 164 valence electrons. The SMILES string of the molecule is CC(C)N(C)C1(OCC(C=O)CCc2c(F)cccc2C(F)(F)F)C=CC(=O)C=C1. The molecular weight excluding hydrogens is 402 g/mol. The molecule has 0 spiro atoms. The summed E-state index contributed by atoms with van der Waals surface area (Å²) in [6, 6.07) is 2.84. The Balaban J connectivity index is 2.13. The number of rotatable bonds is 9. The van der Waals surface area contributed by atoms with Crippen LogP contribution in [0.15, 0.2) is 42.5 Å². The fraction of sp³-hybridized carbons (Fsp3) is 0.455. The van der Waals surface area contributed by atoms with Gasteiger partial charge in [-0.1, -0.05) is 6.07 Å². The maximum Gasteiger partial charge on any atom is 0.416 e. The first-order valence-electron chi connectivity index (χ1n) is 9.59. The van der Waals surface area contributed by atoms with Gasteiger partial charge >= 0.3 is 6.18 Å². The highest BCUT2D eigenvalue weighted by Crippen LogP contribution is 2.34. The Kier molecular flexibility index (Phi) is 7.71. The largest absolute Gasteiger partial charge is 0.416 e. The van der Waals surface area contributed by atoms with Crippen molar-refractivity contribution in [3.8, 4) is 0 Å². The van der Waals surface area contributed by atoms with Crippen LogP contribution in [0.2, 0.25) is 0 Å². The van der Waals surface area contributed by atoms with Crippen molar-refractivity contribution in [3.05, 3.63) is 59.4 Å². The number of hydrogen-bond donors (Lipinski definition) is 0. The summed E-state index contributed by atoms with van der Waals surface area (Å²) in [6.45, 7) is 3.76. The average molecular weight is 427 g/mol. The highest BCUT2D eigenvalue weighted by Gasteiger charge is 2.36. The lowest BCUT2D eigenvalue weighted by atomic mass is 9.96. The van der Waals surface area contributed by atoms with Crippen molar-refractivity contribution in [2.75, 3.05) is 13.7 Å². The van der Waals surface area contributed by atoms with E-state index in [1.54, 1.807) is 19.2 Å². The first-order valence-corrected chi connectivity index (χ1v) is 9.59. The van der Waals surface area contributed by atoms with Crippen LogP contribution in [0, 0.1) is 11.7 Å². The van der Waals surface area contributed by atoms with Crippen LogP contribution in [0.25, 0.3) is 0 Å². The lowest BCUT2D eigenvalue weighted by Crippen LogP contribution is -2.50. The second-order valence-corrected chi connectivity index (χ2v) is 7.54. The Morgan fingerprint density at radius 2 is 1.83 bits per heavy atom. The summed E-state index contributed by atoms with van der Waals surface area (Å²) in [5.41, 5.74) is -2.56. The molecule has 30 heavy (non-hydrogen) atoms. The summed E-state index contributed by atoms with van der Waals surface area (Å²) in [5.74, 6) is -1.90. The molecule has 1 aromatic rings. The Morgan fingerprint density at radius 3 is 2.37 bits per heavy atom. The van der Waals surface area contributed by atoms with E-state index in [1.165, 1.54) is 12.2 Å². The minimum Gasteiger partial charge on any atom is -0.352 e. The molecule has 0 bridgehead atoms. The van der Waals surface area contributed by atoms with E-state index in [2.05, 4.69) is 0 Å². The van der Waals surface area contributed by atoms with Gasteiger partial charge in [0.25, 0.3) is 0 Å². The number of halogens is 4. The van der Waals surface area contributed by atoms with Crippen molar-refractivity contribution in [3.63, 3.8) is 0 Å². The average Bonchev–Trinajstić information content (AvgIpc) is 2.69. The number of benzene rings is 1. The first kappa shape index (κ1) is 24.0. The van der Waals surface area contributed by atoms with Gasteiger partial charge in [-0.05, 0) is 70.2 Å².